The summed E-state index contributed by atoms with van der Waals surface area (Å²) in [5, 5.41) is 2.05. The van der Waals surface area contributed by atoms with Gasteiger partial charge in [-0.2, -0.15) is 0 Å². The van der Waals surface area contributed by atoms with Crippen molar-refractivity contribution in [2.24, 2.45) is 0 Å². The fraction of sp³-hybridized carbons (Fsp3) is 0.400. The van der Waals surface area contributed by atoms with E-state index in [-0.39, 0.29) is 11.7 Å². The van der Waals surface area contributed by atoms with E-state index < -0.39 is 0 Å². The largest absolute Gasteiger partial charge is 0.331 e. The van der Waals surface area contributed by atoms with Crippen LogP contribution in [0, 0.1) is 6.92 Å². The van der Waals surface area contributed by atoms with Crippen LogP contribution in [0.25, 0.3) is 0 Å². The first-order chi connectivity index (χ1) is 6.66. The Kier molecular flexibility index (Phi) is 2.37. The third kappa shape index (κ3) is 1.70. The van der Waals surface area contributed by atoms with Gasteiger partial charge in [-0.15, -0.1) is 11.3 Å². The highest BCUT2D eigenvalue weighted by Crippen LogP contribution is 2.18. The zero-order chi connectivity index (χ0) is 10.1. The lowest BCUT2D eigenvalue weighted by Gasteiger charge is -2.12. The maximum atomic E-state index is 11.3. The van der Waals surface area contributed by atoms with Crippen molar-refractivity contribution in [3.05, 3.63) is 21.9 Å². The van der Waals surface area contributed by atoms with Gasteiger partial charge in [0.1, 0.15) is 0 Å². The molecule has 1 aromatic heterocycles. The lowest BCUT2D eigenvalue weighted by Crippen LogP contribution is -2.26. The fourth-order valence-corrected chi connectivity index (χ4v) is 2.42. The van der Waals surface area contributed by atoms with Gasteiger partial charge in [-0.05, 0) is 23.9 Å². The SMILES string of the molecule is Cc1csc(CN2CCC(=O)C2=O)c1. The maximum absolute atomic E-state index is 11.3. The number of Topliss-reactive ketones (excluding diaryl/α,β-unsaturated/α-hetero) is 1. The van der Waals surface area contributed by atoms with Crippen LogP contribution in [-0.4, -0.2) is 23.1 Å². The average Bonchev–Trinajstić information content (AvgIpc) is 2.67. The van der Waals surface area contributed by atoms with Crippen LogP contribution in [-0.2, 0) is 16.1 Å². The van der Waals surface area contributed by atoms with Crippen molar-refractivity contribution in [2.45, 2.75) is 19.9 Å². The molecule has 1 aliphatic rings. The summed E-state index contributed by atoms with van der Waals surface area (Å²) in [4.78, 5) is 25.1. The Balaban J connectivity index is 2.05. The molecule has 3 nitrogen and oxygen atoms in total. The second kappa shape index (κ2) is 3.53. The Labute approximate surface area is 86.3 Å². The third-order valence-corrected chi connectivity index (χ3v) is 3.31. The molecule has 14 heavy (non-hydrogen) atoms. The van der Waals surface area contributed by atoms with Gasteiger partial charge in [-0.25, -0.2) is 0 Å². The van der Waals surface area contributed by atoms with E-state index >= 15 is 0 Å². The molecule has 1 saturated heterocycles. The molecule has 1 aliphatic heterocycles. The molecule has 0 N–H and O–H groups in total. The van der Waals surface area contributed by atoms with Gasteiger partial charge in [-0.3, -0.25) is 9.59 Å². The summed E-state index contributed by atoms with van der Waals surface area (Å²) in [7, 11) is 0. The minimum Gasteiger partial charge on any atom is -0.331 e. The molecule has 1 amide bonds. The first-order valence-electron chi connectivity index (χ1n) is 4.53. The Morgan fingerprint density at radius 3 is 2.79 bits per heavy atom. The van der Waals surface area contributed by atoms with Crippen molar-refractivity contribution in [3.63, 3.8) is 0 Å². The number of hydrogen-bond acceptors (Lipinski definition) is 3. The summed E-state index contributed by atoms with van der Waals surface area (Å²) >= 11 is 1.63. The molecule has 0 spiro atoms. The second-order valence-electron chi connectivity index (χ2n) is 3.49. The van der Waals surface area contributed by atoms with Gasteiger partial charge < -0.3 is 4.90 Å². The molecule has 2 heterocycles. The average molecular weight is 209 g/mol. The smallest absolute Gasteiger partial charge is 0.290 e. The summed E-state index contributed by atoms with van der Waals surface area (Å²) in [5.74, 6) is -0.575. The molecule has 0 atom stereocenters. The molecule has 1 fully saturated rings. The van der Waals surface area contributed by atoms with E-state index in [4.69, 9.17) is 0 Å². The van der Waals surface area contributed by atoms with Crippen LogP contribution in [0.5, 0.6) is 0 Å². The summed E-state index contributed by atoms with van der Waals surface area (Å²) in [5.41, 5.74) is 1.21. The zero-order valence-electron chi connectivity index (χ0n) is 7.95. The van der Waals surface area contributed by atoms with Crippen molar-refractivity contribution in [1.82, 2.24) is 4.90 Å². The van der Waals surface area contributed by atoms with E-state index in [0.717, 1.165) is 4.88 Å². The molecule has 0 unspecified atom stereocenters. The number of carbonyl (C=O) groups excluding carboxylic acids is 2. The predicted octanol–water partition coefficient (Wildman–Crippen LogP) is 1.36. The Morgan fingerprint density at radius 2 is 2.29 bits per heavy atom. The molecule has 0 aromatic carbocycles. The van der Waals surface area contributed by atoms with Crippen molar-refractivity contribution >= 4 is 23.0 Å². The van der Waals surface area contributed by atoms with Gasteiger partial charge >= 0.3 is 0 Å². The Morgan fingerprint density at radius 1 is 1.50 bits per heavy atom. The van der Waals surface area contributed by atoms with Crippen LogP contribution < -0.4 is 0 Å². The number of amides is 1. The zero-order valence-corrected chi connectivity index (χ0v) is 8.76. The van der Waals surface area contributed by atoms with Crippen LogP contribution >= 0.6 is 11.3 Å². The number of nitrogens with zero attached hydrogens (tertiary/aromatic N) is 1. The second-order valence-corrected chi connectivity index (χ2v) is 4.49. The maximum Gasteiger partial charge on any atom is 0.290 e. The topological polar surface area (TPSA) is 37.4 Å². The number of carbonyl (C=O) groups is 2. The Bertz CT molecular complexity index is 383. The normalized spacial score (nSPS) is 16.8. The van der Waals surface area contributed by atoms with Crippen LogP contribution in [0.4, 0.5) is 0 Å². The Hall–Kier alpha value is -1.16. The fourth-order valence-electron chi connectivity index (χ4n) is 1.53. The molecule has 1 aromatic rings. The summed E-state index contributed by atoms with van der Waals surface area (Å²) in [6.07, 6.45) is 0.378. The first kappa shape index (κ1) is 9.40. The highest BCUT2D eigenvalue weighted by Gasteiger charge is 2.29. The van der Waals surface area contributed by atoms with Gasteiger partial charge in [0, 0.05) is 17.8 Å². The van der Waals surface area contributed by atoms with Gasteiger partial charge in [-0.1, -0.05) is 0 Å². The van der Waals surface area contributed by atoms with Crippen molar-refractivity contribution in [3.8, 4) is 0 Å². The molecule has 0 radical (unpaired) electrons. The molecule has 74 valence electrons. The van der Waals surface area contributed by atoms with Gasteiger partial charge in [0.05, 0.1) is 6.54 Å². The van der Waals surface area contributed by atoms with Crippen LogP contribution in [0.15, 0.2) is 11.4 Å². The van der Waals surface area contributed by atoms with Crippen LogP contribution in [0.2, 0.25) is 0 Å². The number of likely N-dealkylation sites (tertiary alicyclic amines) is 1. The first-order valence-corrected chi connectivity index (χ1v) is 5.41. The summed E-state index contributed by atoms with van der Waals surface area (Å²) in [6, 6.07) is 2.06. The third-order valence-electron chi connectivity index (χ3n) is 2.27. The number of ketones is 1. The van der Waals surface area contributed by atoms with Crippen molar-refractivity contribution < 1.29 is 9.59 Å². The number of aryl methyl sites for hydroxylation is 1. The molecular weight excluding hydrogens is 198 g/mol. The molecule has 4 heteroatoms. The van der Waals surface area contributed by atoms with Crippen molar-refractivity contribution in [1.29, 1.82) is 0 Å². The molecule has 0 bridgehead atoms. The molecule has 0 saturated carbocycles. The highest BCUT2D eigenvalue weighted by molar-refractivity contribution is 7.10. The molecule has 2 rings (SSSR count). The molecular formula is C10H11NO2S. The predicted molar refractivity (Wildman–Crippen MR) is 54.1 cm³/mol. The van der Waals surface area contributed by atoms with E-state index in [1.807, 2.05) is 6.92 Å². The summed E-state index contributed by atoms with van der Waals surface area (Å²) < 4.78 is 0. The van der Waals surface area contributed by atoms with Crippen LogP contribution in [0.3, 0.4) is 0 Å². The standard InChI is InChI=1S/C10H11NO2S/c1-7-4-8(14-6-7)5-11-3-2-9(12)10(11)13/h4,6H,2-3,5H2,1H3. The quantitative estimate of drug-likeness (QED) is 0.690. The lowest BCUT2D eigenvalue weighted by atomic mass is 10.3. The monoisotopic (exact) mass is 209 g/mol. The highest BCUT2D eigenvalue weighted by atomic mass is 32.1. The van der Waals surface area contributed by atoms with E-state index in [1.54, 1.807) is 16.2 Å². The lowest BCUT2D eigenvalue weighted by molar-refractivity contribution is -0.140. The van der Waals surface area contributed by atoms with Crippen LogP contribution in [0.1, 0.15) is 16.9 Å². The van der Waals surface area contributed by atoms with E-state index in [1.165, 1.54) is 5.56 Å². The van der Waals surface area contributed by atoms with Gasteiger partial charge in [0.25, 0.3) is 5.91 Å². The number of hydrogen-bond donors (Lipinski definition) is 0. The minimum absolute atomic E-state index is 0.252. The molecule has 0 aliphatic carbocycles. The van der Waals surface area contributed by atoms with E-state index in [0.29, 0.717) is 19.5 Å². The van der Waals surface area contributed by atoms with Gasteiger partial charge in [0.2, 0.25) is 5.78 Å². The van der Waals surface area contributed by atoms with E-state index in [9.17, 15) is 9.59 Å². The minimum atomic E-state index is -0.323. The van der Waals surface area contributed by atoms with Crippen molar-refractivity contribution in [2.75, 3.05) is 6.54 Å². The summed E-state index contributed by atoms with van der Waals surface area (Å²) in [6.45, 7) is 3.19. The van der Waals surface area contributed by atoms with E-state index in [2.05, 4.69) is 11.4 Å². The van der Waals surface area contributed by atoms with Gasteiger partial charge in [0.15, 0.2) is 0 Å². The number of rotatable bonds is 2. The number of thiophene rings is 1.